The third-order valence-corrected chi connectivity index (χ3v) is 2.88. The Balaban J connectivity index is 2.47. The number of aliphatic imine (C=N–C) groups is 1. The van der Waals surface area contributed by atoms with Gasteiger partial charge in [-0.1, -0.05) is 35.9 Å². The molecule has 4 nitrogen and oxygen atoms in total. The number of ether oxygens (including phenoxy) is 1. The fourth-order valence-electron chi connectivity index (χ4n) is 1.64. The van der Waals surface area contributed by atoms with E-state index < -0.39 is 0 Å². The van der Waals surface area contributed by atoms with Gasteiger partial charge >= 0.3 is 0 Å². The molecular formula is C14H13ClN2O2. The van der Waals surface area contributed by atoms with Crippen LogP contribution in [0, 0.1) is 0 Å². The third kappa shape index (κ3) is 3.05. The lowest BCUT2D eigenvalue weighted by molar-refractivity contribution is 0.235. The van der Waals surface area contributed by atoms with Crippen molar-refractivity contribution in [3.8, 4) is 5.75 Å². The number of hydroxylamine groups is 1. The molecule has 0 spiro atoms. The highest BCUT2D eigenvalue weighted by atomic mass is 35.5. The Morgan fingerprint density at radius 2 is 1.84 bits per heavy atom. The Labute approximate surface area is 116 Å². The Hall–Kier alpha value is -2.04. The van der Waals surface area contributed by atoms with Crippen molar-refractivity contribution in [2.45, 2.75) is 0 Å². The summed E-state index contributed by atoms with van der Waals surface area (Å²) >= 11 is 6.07. The molecule has 0 aromatic heterocycles. The second-order valence-electron chi connectivity index (χ2n) is 3.72. The number of benzene rings is 2. The maximum absolute atomic E-state index is 9.25. The van der Waals surface area contributed by atoms with Crippen LogP contribution in [0.25, 0.3) is 0 Å². The molecule has 2 rings (SSSR count). The standard InChI is InChI=1S/C14H13ClN2O2/c1-19-13-9-5-4-8-12(13)16-14(17-18)10-6-2-3-7-11(10)15/h2-9,18H,1H3,(H,16,17). The summed E-state index contributed by atoms with van der Waals surface area (Å²) in [4.78, 5) is 4.33. The average Bonchev–Trinajstić information content (AvgIpc) is 2.46. The molecule has 0 amide bonds. The first kappa shape index (κ1) is 13.4. The first-order chi connectivity index (χ1) is 9.26. The van der Waals surface area contributed by atoms with Gasteiger partial charge in [-0.2, -0.15) is 0 Å². The van der Waals surface area contributed by atoms with Crippen LogP contribution in [-0.2, 0) is 0 Å². The van der Waals surface area contributed by atoms with Crippen LogP contribution in [0.3, 0.4) is 0 Å². The van der Waals surface area contributed by atoms with Gasteiger partial charge in [0, 0.05) is 5.56 Å². The Kier molecular flexibility index (Phi) is 4.39. The van der Waals surface area contributed by atoms with Crippen molar-refractivity contribution in [1.82, 2.24) is 5.48 Å². The van der Waals surface area contributed by atoms with Gasteiger partial charge in [-0.15, -0.1) is 0 Å². The van der Waals surface area contributed by atoms with E-state index >= 15 is 0 Å². The zero-order valence-corrected chi connectivity index (χ0v) is 11.1. The molecule has 0 atom stereocenters. The van der Waals surface area contributed by atoms with E-state index in [1.165, 1.54) is 0 Å². The summed E-state index contributed by atoms with van der Waals surface area (Å²) in [5, 5.41) is 9.75. The summed E-state index contributed by atoms with van der Waals surface area (Å²) in [6, 6.07) is 14.4. The Bertz CT molecular complexity index is 600. The smallest absolute Gasteiger partial charge is 0.159 e. The van der Waals surface area contributed by atoms with E-state index in [9.17, 15) is 5.21 Å². The van der Waals surface area contributed by atoms with Gasteiger partial charge in [0.1, 0.15) is 11.4 Å². The summed E-state index contributed by atoms with van der Waals surface area (Å²) < 4.78 is 5.21. The predicted molar refractivity (Wildman–Crippen MR) is 75.6 cm³/mol. The van der Waals surface area contributed by atoms with Crippen molar-refractivity contribution in [1.29, 1.82) is 0 Å². The highest BCUT2D eigenvalue weighted by Gasteiger charge is 2.08. The number of amidine groups is 1. The quantitative estimate of drug-likeness (QED) is 0.513. The number of hydrogen-bond donors (Lipinski definition) is 2. The first-order valence-corrected chi connectivity index (χ1v) is 6.00. The zero-order valence-electron chi connectivity index (χ0n) is 10.3. The number of hydrogen-bond acceptors (Lipinski definition) is 3. The van der Waals surface area contributed by atoms with E-state index in [-0.39, 0.29) is 5.84 Å². The average molecular weight is 277 g/mol. The molecule has 0 fully saturated rings. The molecule has 0 aliphatic carbocycles. The van der Waals surface area contributed by atoms with Crippen LogP contribution in [-0.4, -0.2) is 18.2 Å². The molecule has 0 bridgehead atoms. The molecule has 0 radical (unpaired) electrons. The van der Waals surface area contributed by atoms with Gasteiger partial charge in [0.2, 0.25) is 0 Å². The molecule has 0 heterocycles. The molecule has 0 saturated heterocycles. The van der Waals surface area contributed by atoms with Gasteiger partial charge < -0.3 is 4.74 Å². The van der Waals surface area contributed by atoms with Crippen LogP contribution < -0.4 is 10.2 Å². The third-order valence-electron chi connectivity index (χ3n) is 2.55. The minimum Gasteiger partial charge on any atom is -0.494 e. The van der Waals surface area contributed by atoms with Gasteiger partial charge in [-0.3, -0.25) is 10.7 Å². The van der Waals surface area contributed by atoms with Crippen molar-refractivity contribution in [3.63, 3.8) is 0 Å². The van der Waals surface area contributed by atoms with E-state index in [0.29, 0.717) is 22.0 Å². The minimum absolute atomic E-state index is 0.259. The molecule has 0 aliphatic heterocycles. The minimum atomic E-state index is 0.259. The van der Waals surface area contributed by atoms with Crippen LogP contribution in [0.1, 0.15) is 5.56 Å². The lowest BCUT2D eigenvalue weighted by Gasteiger charge is -2.09. The highest BCUT2D eigenvalue weighted by molar-refractivity contribution is 6.34. The number of nitrogens with zero attached hydrogens (tertiary/aromatic N) is 1. The normalized spacial score (nSPS) is 11.2. The van der Waals surface area contributed by atoms with Crippen molar-refractivity contribution >= 4 is 23.1 Å². The van der Waals surface area contributed by atoms with Crippen LogP contribution in [0.15, 0.2) is 53.5 Å². The van der Waals surface area contributed by atoms with E-state index in [0.717, 1.165) is 0 Å². The van der Waals surface area contributed by atoms with Crippen LogP contribution in [0.2, 0.25) is 5.02 Å². The maximum Gasteiger partial charge on any atom is 0.159 e. The van der Waals surface area contributed by atoms with Crippen LogP contribution in [0.4, 0.5) is 5.69 Å². The maximum atomic E-state index is 9.25. The van der Waals surface area contributed by atoms with E-state index in [1.807, 2.05) is 24.3 Å². The van der Waals surface area contributed by atoms with Crippen molar-refractivity contribution in [3.05, 3.63) is 59.1 Å². The second kappa shape index (κ2) is 6.22. The molecule has 5 heteroatoms. The molecule has 19 heavy (non-hydrogen) atoms. The molecule has 0 aliphatic rings. The summed E-state index contributed by atoms with van der Waals surface area (Å²) in [6.07, 6.45) is 0. The summed E-state index contributed by atoms with van der Waals surface area (Å²) in [6.45, 7) is 0. The van der Waals surface area contributed by atoms with Crippen LogP contribution >= 0.6 is 11.6 Å². The predicted octanol–water partition coefficient (Wildman–Crippen LogP) is 3.41. The molecule has 0 saturated carbocycles. The van der Waals surface area contributed by atoms with Crippen molar-refractivity contribution < 1.29 is 9.94 Å². The first-order valence-electron chi connectivity index (χ1n) is 5.63. The SMILES string of the molecule is COc1ccccc1N=C(NO)c1ccccc1Cl. The molecule has 2 aromatic rings. The van der Waals surface area contributed by atoms with Gasteiger partial charge in [0.25, 0.3) is 0 Å². The molecular weight excluding hydrogens is 264 g/mol. The Morgan fingerprint density at radius 3 is 2.53 bits per heavy atom. The van der Waals surface area contributed by atoms with E-state index in [4.69, 9.17) is 16.3 Å². The van der Waals surface area contributed by atoms with Crippen molar-refractivity contribution in [2.75, 3.05) is 7.11 Å². The van der Waals surface area contributed by atoms with Gasteiger partial charge in [0.15, 0.2) is 5.84 Å². The largest absolute Gasteiger partial charge is 0.494 e. The molecule has 2 aromatic carbocycles. The number of halogens is 1. The van der Waals surface area contributed by atoms with Crippen LogP contribution in [0.5, 0.6) is 5.75 Å². The van der Waals surface area contributed by atoms with Gasteiger partial charge in [-0.05, 0) is 24.3 Å². The number of nitrogens with one attached hydrogen (secondary N) is 1. The second-order valence-corrected chi connectivity index (χ2v) is 4.13. The molecule has 2 N–H and O–H groups in total. The van der Waals surface area contributed by atoms with E-state index in [2.05, 4.69) is 10.5 Å². The van der Waals surface area contributed by atoms with Gasteiger partial charge in [-0.25, -0.2) is 4.99 Å². The monoisotopic (exact) mass is 276 g/mol. The summed E-state index contributed by atoms with van der Waals surface area (Å²) in [7, 11) is 1.57. The summed E-state index contributed by atoms with van der Waals surface area (Å²) in [5.41, 5.74) is 3.28. The van der Waals surface area contributed by atoms with Gasteiger partial charge in [0.05, 0.1) is 12.1 Å². The fraction of sp³-hybridized carbons (Fsp3) is 0.0714. The molecule has 98 valence electrons. The number of para-hydroxylation sites is 2. The molecule has 0 unspecified atom stereocenters. The highest BCUT2D eigenvalue weighted by Crippen LogP contribution is 2.27. The summed E-state index contributed by atoms with van der Waals surface area (Å²) in [5.74, 6) is 0.873. The topological polar surface area (TPSA) is 53.8 Å². The van der Waals surface area contributed by atoms with E-state index in [1.54, 1.807) is 31.4 Å². The van der Waals surface area contributed by atoms with Crippen molar-refractivity contribution in [2.24, 2.45) is 4.99 Å². The lowest BCUT2D eigenvalue weighted by Crippen LogP contribution is -2.20. The fourth-order valence-corrected chi connectivity index (χ4v) is 1.87. The Morgan fingerprint density at radius 1 is 1.16 bits per heavy atom. The number of methoxy groups -OCH3 is 1. The zero-order chi connectivity index (χ0) is 13.7. The number of rotatable bonds is 3. The lowest BCUT2D eigenvalue weighted by atomic mass is 10.2.